The van der Waals surface area contributed by atoms with E-state index in [1.807, 2.05) is 12.1 Å². The molecule has 272 valence electrons. The molecule has 4 rings (SSSR count). The SMILES string of the molecule is CCCCCCCCc1cccc(Oc2ccccc2)c1S(=O)(=O)[O-].CCCCCCCCc1cccc(Oc2ccccc2)c1S(=O)(=O)[O-].[Ca+2]. The molecular formula is C40H50CaO8S2. The molecule has 0 spiro atoms. The fourth-order valence-corrected chi connectivity index (χ4v) is 7.36. The molecule has 11 heteroatoms. The van der Waals surface area contributed by atoms with E-state index in [2.05, 4.69) is 13.8 Å². The first-order chi connectivity index (χ1) is 24.0. The predicted molar refractivity (Wildman–Crippen MR) is 202 cm³/mol. The van der Waals surface area contributed by atoms with Crippen LogP contribution in [0.1, 0.15) is 102 Å². The molecule has 0 bridgehead atoms. The molecule has 0 radical (unpaired) electrons. The first-order valence-electron chi connectivity index (χ1n) is 17.7. The Morgan fingerprint density at radius 3 is 1.12 bits per heavy atom. The summed E-state index contributed by atoms with van der Waals surface area (Å²) in [7, 11) is -9.22. The maximum Gasteiger partial charge on any atom is 2.00 e. The Kier molecular flexibility index (Phi) is 21.0. The van der Waals surface area contributed by atoms with Crippen LogP contribution in [0.15, 0.2) is 107 Å². The van der Waals surface area contributed by atoms with Gasteiger partial charge in [-0.05, 0) is 73.2 Å². The molecule has 0 atom stereocenters. The second kappa shape index (κ2) is 24.0. The van der Waals surface area contributed by atoms with E-state index in [4.69, 9.17) is 9.47 Å². The van der Waals surface area contributed by atoms with Crippen LogP contribution in [0.4, 0.5) is 0 Å². The van der Waals surface area contributed by atoms with Crippen molar-refractivity contribution in [1.29, 1.82) is 0 Å². The van der Waals surface area contributed by atoms with Crippen LogP contribution >= 0.6 is 0 Å². The first kappa shape index (κ1) is 44.7. The van der Waals surface area contributed by atoms with Gasteiger partial charge in [-0.25, -0.2) is 16.8 Å². The molecule has 0 aliphatic rings. The zero-order valence-corrected chi connectivity index (χ0v) is 33.8. The number of unbranched alkanes of at least 4 members (excludes halogenated alkanes) is 10. The molecule has 0 heterocycles. The topological polar surface area (TPSA) is 133 Å². The molecular weight excluding hydrogens is 713 g/mol. The fraction of sp³-hybridized carbons (Fsp3) is 0.400. The third-order valence-electron chi connectivity index (χ3n) is 8.16. The van der Waals surface area contributed by atoms with Crippen molar-refractivity contribution in [2.45, 2.75) is 114 Å². The average molecular weight is 763 g/mol. The summed E-state index contributed by atoms with van der Waals surface area (Å²) in [6.07, 6.45) is 14.4. The normalized spacial score (nSPS) is 11.2. The second-order valence-corrected chi connectivity index (χ2v) is 14.9. The molecule has 0 unspecified atom stereocenters. The van der Waals surface area contributed by atoms with E-state index in [1.165, 1.54) is 50.7 Å². The van der Waals surface area contributed by atoms with Crippen molar-refractivity contribution in [3.05, 3.63) is 108 Å². The summed E-state index contributed by atoms with van der Waals surface area (Å²) in [6.45, 7) is 4.34. The van der Waals surface area contributed by atoms with Gasteiger partial charge in [0.15, 0.2) is 0 Å². The molecule has 0 aliphatic carbocycles. The van der Waals surface area contributed by atoms with Gasteiger partial charge in [0.05, 0.1) is 0 Å². The van der Waals surface area contributed by atoms with Gasteiger partial charge in [-0.15, -0.1) is 0 Å². The molecule has 0 N–H and O–H groups in total. The van der Waals surface area contributed by atoms with Crippen LogP contribution in [-0.4, -0.2) is 63.7 Å². The van der Waals surface area contributed by atoms with Crippen molar-refractivity contribution in [1.82, 2.24) is 0 Å². The summed E-state index contributed by atoms with van der Waals surface area (Å²) in [5.41, 5.74) is 1.08. The molecule has 0 saturated carbocycles. The standard InChI is InChI=1S/2C20H26O4S.Ca/c2*1-2-3-4-5-6-8-12-17-13-11-16-19(20(17)25(21,22)23)24-18-14-9-7-10-15-18;/h2*7,9-11,13-16H,2-6,8,12H2,1H3,(H,21,22,23);/q;;+2/p-2. The van der Waals surface area contributed by atoms with Gasteiger partial charge in [0, 0.05) is 0 Å². The number of hydrogen-bond donors (Lipinski definition) is 0. The maximum absolute atomic E-state index is 11.8. The first-order valence-corrected chi connectivity index (χ1v) is 20.5. The Morgan fingerprint density at radius 2 is 0.784 bits per heavy atom. The Bertz CT molecular complexity index is 1650. The summed E-state index contributed by atoms with van der Waals surface area (Å²) < 4.78 is 82.1. The minimum atomic E-state index is -4.61. The van der Waals surface area contributed by atoms with Gasteiger partial charge in [0.2, 0.25) is 0 Å². The summed E-state index contributed by atoms with van der Waals surface area (Å²) in [5, 5.41) is 0. The number of benzene rings is 4. The maximum atomic E-state index is 11.8. The van der Waals surface area contributed by atoms with Crippen molar-refractivity contribution in [2.24, 2.45) is 0 Å². The molecule has 4 aromatic carbocycles. The molecule has 8 nitrogen and oxygen atoms in total. The largest absolute Gasteiger partial charge is 2.00 e. The van der Waals surface area contributed by atoms with Crippen LogP contribution in [0.25, 0.3) is 0 Å². The molecule has 0 fully saturated rings. The number of hydrogen-bond acceptors (Lipinski definition) is 8. The number of ether oxygens (including phenoxy) is 2. The predicted octanol–water partition coefficient (Wildman–Crippen LogP) is 10.2. The van der Waals surface area contributed by atoms with Crippen LogP contribution < -0.4 is 9.47 Å². The number of rotatable bonds is 20. The van der Waals surface area contributed by atoms with Crippen LogP contribution in [0.3, 0.4) is 0 Å². The molecule has 0 aliphatic heterocycles. The van der Waals surface area contributed by atoms with E-state index >= 15 is 0 Å². The van der Waals surface area contributed by atoms with Gasteiger partial charge in [-0.1, -0.05) is 139 Å². The van der Waals surface area contributed by atoms with E-state index in [-0.39, 0.29) is 59.0 Å². The van der Waals surface area contributed by atoms with E-state index in [1.54, 1.807) is 72.8 Å². The minimum Gasteiger partial charge on any atom is -0.744 e. The Labute approximate surface area is 335 Å². The van der Waals surface area contributed by atoms with Crippen LogP contribution in [-0.2, 0) is 33.1 Å². The zero-order valence-electron chi connectivity index (χ0n) is 29.9. The third-order valence-corrected chi connectivity index (χ3v) is 10.1. The second-order valence-electron chi connectivity index (χ2n) is 12.3. The van der Waals surface area contributed by atoms with E-state index in [0.29, 0.717) is 35.5 Å². The monoisotopic (exact) mass is 762 g/mol. The molecule has 0 amide bonds. The minimum absolute atomic E-state index is 0. The van der Waals surface area contributed by atoms with Crippen LogP contribution in [0.5, 0.6) is 23.0 Å². The quantitative estimate of drug-likeness (QED) is 0.0494. The van der Waals surface area contributed by atoms with Crippen molar-refractivity contribution in [3.8, 4) is 23.0 Å². The molecule has 0 aromatic heterocycles. The molecule has 4 aromatic rings. The molecule has 51 heavy (non-hydrogen) atoms. The van der Waals surface area contributed by atoms with Crippen molar-refractivity contribution >= 4 is 58.0 Å². The Hall–Kier alpha value is -2.44. The van der Waals surface area contributed by atoms with Crippen LogP contribution in [0, 0.1) is 0 Å². The van der Waals surface area contributed by atoms with E-state index in [9.17, 15) is 25.9 Å². The summed E-state index contributed by atoms with van der Waals surface area (Å²) in [4.78, 5) is -0.458. The number of aryl methyl sites for hydroxylation is 2. The number of para-hydroxylation sites is 2. The summed E-state index contributed by atoms with van der Waals surface area (Å²) in [6, 6.07) is 27.7. The van der Waals surface area contributed by atoms with Gasteiger partial charge >= 0.3 is 37.7 Å². The van der Waals surface area contributed by atoms with E-state index < -0.39 is 20.2 Å². The van der Waals surface area contributed by atoms with Gasteiger partial charge in [-0.3, -0.25) is 0 Å². The van der Waals surface area contributed by atoms with Gasteiger partial charge < -0.3 is 18.6 Å². The fourth-order valence-electron chi connectivity index (χ4n) is 5.67. The van der Waals surface area contributed by atoms with Gasteiger partial charge in [0.25, 0.3) is 0 Å². The zero-order chi connectivity index (χ0) is 36.2. The average Bonchev–Trinajstić information content (AvgIpc) is 3.08. The van der Waals surface area contributed by atoms with Crippen LogP contribution in [0.2, 0.25) is 0 Å². The van der Waals surface area contributed by atoms with Crippen molar-refractivity contribution < 1.29 is 35.4 Å². The molecule has 0 saturated heterocycles. The third kappa shape index (κ3) is 16.4. The summed E-state index contributed by atoms with van der Waals surface area (Å²) in [5.74, 6) is 1.21. The van der Waals surface area contributed by atoms with Gasteiger partial charge in [-0.2, -0.15) is 0 Å². The van der Waals surface area contributed by atoms with Crippen molar-refractivity contribution in [3.63, 3.8) is 0 Å². The summed E-state index contributed by atoms with van der Waals surface area (Å²) >= 11 is 0. The Balaban J connectivity index is 0.000000347. The van der Waals surface area contributed by atoms with E-state index in [0.717, 1.165) is 38.5 Å². The van der Waals surface area contributed by atoms with Gasteiger partial charge in [0.1, 0.15) is 53.0 Å². The Morgan fingerprint density at radius 1 is 0.451 bits per heavy atom. The smallest absolute Gasteiger partial charge is 0.744 e. The van der Waals surface area contributed by atoms with Crippen molar-refractivity contribution in [2.75, 3.05) is 0 Å².